The van der Waals surface area contributed by atoms with Gasteiger partial charge in [-0.2, -0.15) is 0 Å². The van der Waals surface area contributed by atoms with Crippen molar-refractivity contribution in [3.63, 3.8) is 0 Å². The molecule has 1 aliphatic rings. The molecule has 0 aliphatic carbocycles. The average Bonchev–Trinajstić information content (AvgIpc) is 2.89. The molecule has 0 spiro atoms. The maximum absolute atomic E-state index is 5.87. The van der Waals surface area contributed by atoms with E-state index in [0.29, 0.717) is 0 Å². The normalized spacial score (nSPS) is 17.7. The quantitative estimate of drug-likeness (QED) is 0.716. The molecule has 21 heavy (non-hydrogen) atoms. The highest BCUT2D eigenvalue weighted by molar-refractivity contribution is 9.10. The van der Waals surface area contributed by atoms with Gasteiger partial charge in [-0.05, 0) is 30.2 Å². The van der Waals surface area contributed by atoms with Crippen LogP contribution in [0.25, 0.3) is 10.2 Å². The number of thiazole rings is 1. The van der Waals surface area contributed by atoms with Gasteiger partial charge in [0.05, 0.1) is 16.8 Å². The summed E-state index contributed by atoms with van der Waals surface area (Å²) in [6.45, 7) is 0.741. The first-order chi connectivity index (χ1) is 10.3. The van der Waals surface area contributed by atoms with E-state index in [-0.39, 0.29) is 6.23 Å². The van der Waals surface area contributed by atoms with E-state index in [4.69, 9.17) is 4.74 Å². The Balaban J connectivity index is 1.66. The molecule has 2 aromatic carbocycles. The Morgan fingerprint density at radius 3 is 3.10 bits per heavy atom. The molecule has 3 aromatic rings. The summed E-state index contributed by atoms with van der Waals surface area (Å²) in [4.78, 5) is 4.63. The predicted octanol–water partition coefficient (Wildman–Crippen LogP) is 4.74. The van der Waals surface area contributed by atoms with Gasteiger partial charge in [0, 0.05) is 10.0 Å². The number of aromatic nitrogens is 1. The van der Waals surface area contributed by atoms with Crippen molar-refractivity contribution in [1.82, 2.24) is 4.98 Å². The standard InChI is InChI=1S/C16H13BrN2OS/c17-11-5-6-13-14(9-11)21-16(18-13)19-15-12-4-2-1-3-10(12)7-8-20-15/h1-6,9,15H,7-8H2,(H,18,19). The summed E-state index contributed by atoms with van der Waals surface area (Å²) >= 11 is 5.14. The van der Waals surface area contributed by atoms with Crippen LogP contribution in [0.2, 0.25) is 0 Å². The Kier molecular flexibility index (Phi) is 3.41. The molecule has 1 unspecified atom stereocenters. The minimum Gasteiger partial charge on any atom is -0.354 e. The van der Waals surface area contributed by atoms with Crippen LogP contribution in [0.15, 0.2) is 46.9 Å². The molecular weight excluding hydrogens is 348 g/mol. The van der Waals surface area contributed by atoms with Crippen LogP contribution in [-0.2, 0) is 11.2 Å². The predicted molar refractivity (Wildman–Crippen MR) is 89.8 cm³/mol. The first kappa shape index (κ1) is 13.2. The average molecular weight is 361 g/mol. The number of benzene rings is 2. The maximum atomic E-state index is 5.87. The Bertz CT molecular complexity index is 802. The van der Waals surface area contributed by atoms with Crippen molar-refractivity contribution in [1.29, 1.82) is 0 Å². The van der Waals surface area contributed by atoms with Crippen molar-refractivity contribution < 1.29 is 4.74 Å². The fraction of sp³-hybridized carbons (Fsp3) is 0.188. The van der Waals surface area contributed by atoms with E-state index in [2.05, 4.69) is 56.6 Å². The molecule has 1 atom stereocenters. The smallest absolute Gasteiger partial charge is 0.186 e. The minimum absolute atomic E-state index is 0.112. The lowest BCUT2D eigenvalue weighted by Gasteiger charge is -2.26. The van der Waals surface area contributed by atoms with Gasteiger partial charge >= 0.3 is 0 Å². The topological polar surface area (TPSA) is 34.2 Å². The Hall–Kier alpha value is -1.43. The number of hydrogen-bond acceptors (Lipinski definition) is 4. The van der Waals surface area contributed by atoms with Crippen molar-refractivity contribution >= 4 is 42.6 Å². The van der Waals surface area contributed by atoms with Gasteiger partial charge < -0.3 is 10.1 Å². The van der Waals surface area contributed by atoms with Gasteiger partial charge in [-0.25, -0.2) is 4.98 Å². The third-order valence-electron chi connectivity index (χ3n) is 3.60. The number of anilines is 1. The monoisotopic (exact) mass is 360 g/mol. The van der Waals surface area contributed by atoms with Crippen LogP contribution in [0, 0.1) is 0 Å². The summed E-state index contributed by atoms with van der Waals surface area (Å²) in [5.74, 6) is 0. The van der Waals surface area contributed by atoms with Gasteiger partial charge in [-0.1, -0.05) is 51.5 Å². The number of rotatable bonds is 2. The van der Waals surface area contributed by atoms with Crippen molar-refractivity contribution in [3.05, 3.63) is 58.1 Å². The highest BCUT2D eigenvalue weighted by atomic mass is 79.9. The van der Waals surface area contributed by atoms with E-state index in [1.54, 1.807) is 11.3 Å². The van der Waals surface area contributed by atoms with Crippen LogP contribution in [0.4, 0.5) is 5.13 Å². The molecule has 0 amide bonds. The molecule has 0 saturated carbocycles. The Morgan fingerprint density at radius 2 is 2.14 bits per heavy atom. The van der Waals surface area contributed by atoms with E-state index in [1.807, 2.05) is 12.1 Å². The highest BCUT2D eigenvalue weighted by Gasteiger charge is 2.21. The fourth-order valence-electron chi connectivity index (χ4n) is 2.59. The Labute approximate surface area is 135 Å². The number of nitrogens with one attached hydrogen (secondary N) is 1. The molecule has 0 fully saturated rings. The van der Waals surface area contributed by atoms with Crippen LogP contribution in [0.3, 0.4) is 0 Å². The van der Waals surface area contributed by atoms with Crippen molar-refractivity contribution in [2.24, 2.45) is 0 Å². The molecule has 4 rings (SSSR count). The first-order valence-corrected chi connectivity index (χ1v) is 8.42. The molecule has 0 bridgehead atoms. The zero-order chi connectivity index (χ0) is 14.2. The SMILES string of the molecule is Brc1ccc2nc(NC3OCCc4ccccc43)sc2c1. The van der Waals surface area contributed by atoms with Gasteiger partial charge in [0.1, 0.15) is 0 Å². The van der Waals surface area contributed by atoms with Gasteiger partial charge in [0.15, 0.2) is 11.4 Å². The van der Waals surface area contributed by atoms with Crippen molar-refractivity contribution in [2.75, 3.05) is 11.9 Å². The third-order valence-corrected chi connectivity index (χ3v) is 5.04. The van der Waals surface area contributed by atoms with Gasteiger partial charge in [0.2, 0.25) is 0 Å². The van der Waals surface area contributed by atoms with Crippen LogP contribution in [0.1, 0.15) is 17.4 Å². The summed E-state index contributed by atoms with van der Waals surface area (Å²) < 4.78 is 8.11. The number of ether oxygens (including phenoxy) is 1. The van der Waals surface area contributed by atoms with Crippen LogP contribution in [-0.4, -0.2) is 11.6 Å². The molecular formula is C16H13BrN2OS. The maximum Gasteiger partial charge on any atom is 0.186 e. The lowest BCUT2D eigenvalue weighted by Crippen LogP contribution is -2.22. The second-order valence-electron chi connectivity index (χ2n) is 4.98. The summed E-state index contributed by atoms with van der Waals surface area (Å²) in [6, 6.07) is 14.6. The van der Waals surface area contributed by atoms with E-state index in [1.165, 1.54) is 11.1 Å². The van der Waals surface area contributed by atoms with E-state index in [9.17, 15) is 0 Å². The summed E-state index contributed by atoms with van der Waals surface area (Å²) in [5, 5.41) is 4.31. The number of hydrogen-bond donors (Lipinski definition) is 1. The molecule has 1 aliphatic heterocycles. The van der Waals surface area contributed by atoms with Crippen LogP contribution < -0.4 is 5.32 Å². The summed E-state index contributed by atoms with van der Waals surface area (Å²) in [7, 11) is 0. The first-order valence-electron chi connectivity index (χ1n) is 6.82. The molecule has 106 valence electrons. The van der Waals surface area contributed by atoms with Gasteiger partial charge in [-0.3, -0.25) is 0 Å². The van der Waals surface area contributed by atoms with Crippen molar-refractivity contribution in [3.8, 4) is 0 Å². The van der Waals surface area contributed by atoms with E-state index < -0.39 is 0 Å². The molecule has 1 N–H and O–H groups in total. The zero-order valence-electron chi connectivity index (χ0n) is 11.2. The zero-order valence-corrected chi connectivity index (χ0v) is 13.6. The van der Waals surface area contributed by atoms with E-state index in [0.717, 1.165) is 32.8 Å². The number of fused-ring (bicyclic) bond motifs is 2. The molecule has 0 radical (unpaired) electrons. The lowest BCUT2D eigenvalue weighted by atomic mass is 10.0. The minimum atomic E-state index is -0.112. The van der Waals surface area contributed by atoms with Crippen LogP contribution >= 0.6 is 27.3 Å². The summed E-state index contributed by atoms with van der Waals surface area (Å²) in [5.41, 5.74) is 3.57. The number of halogens is 1. The third kappa shape index (κ3) is 2.57. The molecule has 5 heteroatoms. The summed E-state index contributed by atoms with van der Waals surface area (Å²) in [6.07, 6.45) is 0.861. The molecule has 0 saturated heterocycles. The van der Waals surface area contributed by atoms with Crippen LogP contribution in [0.5, 0.6) is 0 Å². The van der Waals surface area contributed by atoms with Crippen molar-refractivity contribution in [2.45, 2.75) is 12.6 Å². The molecule has 3 nitrogen and oxygen atoms in total. The largest absolute Gasteiger partial charge is 0.354 e. The second-order valence-corrected chi connectivity index (χ2v) is 6.92. The lowest BCUT2D eigenvalue weighted by molar-refractivity contribution is 0.0618. The van der Waals surface area contributed by atoms with Gasteiger partial charge in [0.25, 0.3) is 0 Å². The fourth-order valence-corrected chi connectivity index (χ4v) is 4.02. The van der Waals surface area contributed by atoms with E-state index >= 15 is 0 Å². The molecule has 1 aromatic heterocycles. The highest BCUT2D eigenvalue weighted by Crippen LogP contribution is 2.33. The molecule has 2 heterocycles. The van der Waals surface area contributed by atoms with Gasteiger partial charge in [-0.15, -0.1) is 0 Å². The number of nitrogens with zero attached hydrogens (tertiary/aromatic N) is 1. The second kappa shape index (κ2) is 5.40. The Morgan fingerprint density at radius 1 is 1.24 bits per heavy atom.